The number of rotatable bonds is 3. The van der Waals surface area contributed by atoms with Crippen LogP contribution < -0.4 is 0 Å². The van der Waals surface area contributed by atoms with Gasteiger partial charge in [-0.3, -0.25) is 9.69 Å². The monoisotopic (exact) mass is 241 g/mol. The molecule has 0 radical (unpaired) electrons. The van der Waals surface area contributed by atoms with E-state index in [2.05, 4.69) is 18.7 Å². The summed E-state index contributed by atoms with van der Waals surface area (Å²) in [5, 5.41) is 9.49. The number of hydrogen-bond acceptors (Lipinski definition) is 3. The van der Waals surface area contributed by atoms with Crippen molar-refractivity contribution in [2.24, 2.45) is 5.41 Å². The fourth-order valence-corrected chi connectivity index (χ4v) is 3.07. The molecule has 0 spiro atoms. The van der Waals surface area contributed by atoms with Crippen molar-refractivity contribution >= 4 is 5.97 Å². The predicted octanol–water partition coefficient (Wildman–Crippen LogP) is 1.74. The Kier molecular flexibility index (Phi) is 3.73. The Hall–Kier alpha value is -0.610. The second kappa shape index (κ2) is 4.94. The molecule has 4 nitrogen and oxygen atoms in total. The molecule has 1 saturated heterocycles. The highest BCUT2D eigenvalue weighted by Gasteiger charge is 2.43. The van der Waals surface area contributed by atoms with Gasteiger partial charge in [-0.25, -0.2) is 0 Å². The summed E-state index contributed by atoms with van der Waals surface area (Å²) >= 11 is 0. The highest BCUT2D eigenvalue weighted by molar-refractivity contribution is 5.75. The van der Waals surface area contributed by atoms with E-state index in [0.717, 1.165) is 38.8 Å². The molecule has 2 fully saturated rings. The summed E-state index contributed by atoms with van der Waals surface area (Å²) in [4.78, 5) is 13.8. The van der Waals surface area contributed by atoms with Crippen LogP contribution in [0.5, 0.6) is 0 Å². The summed E-state index contributed by atoms with van der Waals surface area (Å²) in [6.07, 6.45) is 4.00. The van der Waals surface area contributed by atoms with Crippen LogP contribution in [-0.2, 0) is 9.53 Å². The quantitative estimate of drug-likeness (QED) is 0.817. The van der Waals surface area contributed by atoms with Crippen molar-refractivity contribution in [2.75, 3.05) is 19.7 Å². The van der Waals surface area contributed by atoms with E-state index < -0.39 is 11.4 Å². The van der Waals surface area contributed by atoms with E-state index in [1.807, 2.05) is 0 Å². The van der Waals surface area contributed by atoms with Crippen LogP contribution in [0.1, 0.15) is 39.5 Å². The van der Waals surface area contributed by atoms with E-state index in [4.69, 9.17) is 4.74 Å². The molecule has 98 valence electrons. The summed E-state index contributed by atoms with van der Waals surface area (Å²) in [6.45, 7) is 6.45. The lowest BCUT2D eigenvalue weighted by molar-refractivity contribution is -0.152. The number of carboxylic acid groups (broad SMARTS) is 1. The maximum atomic E-state index is 11.5. The highest BCUT2D eigenvalue weighted by Crippen LogP contribution is 2.39. The second-order valence-corrected chi connectivity index (χ2v) is 5.72. The zero-order chi connectivity index (χ0) is 12.5. The van der Waals surface area contributed by atoms with Gasteiger partial charge in [0.2, 0.25) is 0 Å². The molecule has 2 aliphatic rings. The van der Waals surface area contributed by atoms with Crippen molar-refractivity contribution in [1.29, 1.82) is 0 Å². The molecule has 0 aromatic rings. The fourth-order valence-electron chi connectivity index (χ4n) is 3.07. The van der Waals surface area contributed by atoms with Gasteiger partial charge in [-0.05, 0) is 26.7 Å². The summed E-state index contributed by atoms with van der Waals surface area (Å²) in [5.41, 5.74) is -0.495. The minimum absolute atomic E-state index is 0.221. The zero-order valence-electron chi connectivity index (χ0n) is 10.8. The van der Waals surface area contributed by atoms with Crippen molar-refractivity contribution in [3.8, 4) is 0 Å². The average molecular weight is 241 g/mol. The molecule has 0 bridgehead atoms. The molecular weight excluding hydrogens is 218 g/mol. The molecule has 2 unspecified atom stereocenters. The smallest absolute Gasteiger partial charge is 0.310 e. The van der Waals surface area contributed by atoms with Crippen molar-refractivity contribution in [3.63, 3.8) is 0 Å². The number of ether oxygens (including phenoxy) is 1. The zero-order valence-corrected chi connectivity index (χ0v) is 10.8. The number of hydrogen-bond donors (Lipinski definition) is 1. The molecule has 1 saturated carbocycles. The molecular formula is C13H23NO3. The van der Waals surface area contributed by atoms with Gasteiger partial charge in [0, 0.05) is 19.1 Å². The van der Waals surface area contributed by atoms with Crippen LogP contribution in [0.2, 0.25) is 0 Å². The molecule has 17 heavy (non-hydrogen) atoms. The SMILES string of the molecule is CC1CN(CC2(C(=O)O)CCCC2)C(C)CO1. The maximum absolute atomic E-state index is 11.5. The number of aliphatic carboxylic acids is 1. The van der Waals surface area contributed by atoms with Gasteiger partial charge in [0.15, 0.2) is 0 Å². The van der Waals surface area contributed by atoms with E-state index in [1.165, 1.54) is 0 Å². The van der Waals surface area contributed by atoms with E-state index in [9.17, 15) is 9.90 Å². The number of carboxylic acids is 1. The van der Waals surface area contributed by atoms with Gasteiger partial charge < -0.3 is 9.84 Å². The molecule has 1 N–H and O–H groups in total. The van der Waals surface area contributed by atoms with E-state index in [1.54, 1.807) is 0 Å². The molecule has 2 atom stereocenters. The molecule has 0 amide bonds. The lowest BCUT2D eigenvalue weighted by Gasteiger charge is -2.40. The Labute approximate surface area is 103 Å². The molecule has 1 heterocycles. The van der Waals surface area contributed by atoms with Crippen LogP contribution in [0.3, 0.4) is 0 Å². The Balaban J connectivity index is 2.04. The second-order valence-electron chi connectivity index (χ2n) is 5.72. The van der Waals surface area contributed by atoms with Gasteiger partial charge in [0.25, 0.3) is 0 Å². The predicted molar refractivity (Wildman–Crippen MR) is 65.0 cm³/mol. The first-order valence-electron chi connectivity index (χ1n) is 6.62. The third kappa shape index (κ3) is 2.63. The van der Waals surface area contributed by atoms with E-state index in [0.29, 0.717) is 12.6 Å². The molecule has 0 aromatic heterocycles. The summed E-state index contributed by atoms with van der Waals surface area (Å²) in [7, 11) is 0. The van der Waals surface area contributed by atoms with Crippen molar-refractivity contribution in [1.82, 2.24) is 4.90 Å². The van der Waals surface area contributed by atoms with E-state index in [-0.39, 0.29) is 6.10 Å². The lowest BCUT2D eigenvalue weighted by Crippen LogP contribution is -2.52. The Morgan fingerprint density at radius 2 is 2.06 bits per heavy atom. The van der Waals surface area contributed by atoms with Crippen molar-refractivity contribution in [3.05, 3.63) is 0 Å². The first-order valence-corrected chi connectivity index (χ1v) is 6.62. The van der Waals surface area contributed by atoms with Gasteiger partial charge in [-0.15, -0.1) is 0 Å². The largest absolute Gasteiger partial charge is 0.481 e. The fraction of sp³-hybridized carbons (Fsp3) is 0.923. The van der Waals surface area contributed by atoms with Crippen molar-refractivity contribution < 1.29 is 14.6 Å². The summed E-state index contributed by atoms with van der Waals surface area (Å²) < 4.78 is 5.59. The first-order chi connectivity index (χ1) is 8.03. The van der Waals surface area contributed by atoms with Gasteiger partial charge in [0.05, 0.1) is 18.1 Å². The van der Waals surface area contributed by atoms with Crippen LogP contribution in [0, 0.1) is 5.41 Å². The van der Waals surface area contributed by atoms with Crippen LogP contribution in [-0.4, -0.2) is 47.8 Å². The summed E-state index contributed by atoms with van der Waals surface area (Å²) in [6, 6.07) is 0.336. The lowest BCUT2D eigenvalue weighted by atomic mass is 9.85. The minimum Gasteiger partial charge on any atom is -0.481 e. The van der Waals surface area contributed by atoms with Gasteiger partial charge in [-0.1, -0.05) is 12.8 Å². The van der Waals surface area contributed by atoms with E-state index >= 15 is 0 Å². The molecule has 1 aliphatic heterocycles. The topological polar surface area (TPSA) is 49.8 Å². The molecule has 1 aliphatic carbocycles. The first kappa shape index (κ1) is 12.8. The molecule has 2 rings (SSSR count). The standard InChI is InChI=1S/C13H23NO3/c1-10-8-17-11(2)7-14(10)9-13(12(15)16)5-3-4-6-13/h10-11H,3-9H2,1-2H3,(H,15,16). The summed E-state index contributed by atoms with van der Waals surface area (Å²) in [5.74, 6) is -0.610. The van der Waals surface area contributed by atoms with Gasteiger partial charge in [0.1, 0.15) is 0 Å². The Bertz CT molecular complexity index is 286. The number of morpholine rings is 1. The van der Waals surface area contributed by atoms with Crippen LogP contribution in [0.25, 0.3) is 0 Å². The average Bonchev–Trinajstić information content (AvgIpc) is 2.73. The third-order valence-electron chi connectivity index (χ3n) is 4.26. The number of carbonyl (C=O) groups is 1. The van der Waals surface area contributed by atoms with Crippen LogP contribution >= 0.6 is 0 Å². The van der Waals surface area contributed by atoms with Crippen LogP contribution in [0.4, 0.5) is 0 Å². The van der Waals surface area contributed by atoms with Gasteiger partial charge >= 0.3 is 5.97 Å². The normalized spacial score (nSPS) is 33.8. The maximum Gasteiger partial charge on any atom is 0.310 e. The van der Waals surface area contributed by atoms with Crippen LogP contribution in [0.15, 0.2) is 0 Å². The number of nitrogens with zero attached hydrogens (tertiary/aromatic N) is 1. The third-order valence-corrected chi connectivity index (χ3v) is 4.26. The molecule has 0 aromatic carbocycles. The van der Waals surface area contributed by atoms with Crippen molar-refractivity contribution in [2.45, 2.75) is 51.7 Å². The highest BCUT2D eigenvalue weighted by atomic mass is 16.5. The Morgan fingerprint density at radius 1 is 1.41 bits per heavy atom. The minimum atomic E-state index is -0.610. The molecule has 4 heteroatoms. The Morgan fingerprint density at radius 3 is 2.65 bits per heavy atom. The van der Waals surface area contributed by atoms with Gasteiger partial charge in [-0.2, -0.15) is 0 Å².